The maximum absolute atomic E-state index is 11.1. The summed E-state index contributed by atoms with van der Waals surface area (Å²) in [4.78, 5) is 11.1. The van der Waals surface area contributed by atoms with Crippen molar-refractivity contribution in [2.24, 2.45) is 0 Å². The van der Waals surface area contributed by atoms with Gasteiger partial charge in [0.25, 0.3) is 0 Å². The smallest absolute Gasteiger partial charge is 0.334 e. The molecule has 0 bridgehead atoms. The number of esters is 1. The molecule has 168 valence electrons. The number of aliphatic hydroxyl groups is 1. The molecule has 1 atom stereocenters. The molecule has 3 nitrogen and oxygen atoms in total. The maximum Gasteiger partial charge on any atom is 0.334 e. The Labute approximate surface area is 176 Å². The largest absolute Gasteiger partial charge is 0.464 e. The molecule has 0 aromatic rings. The van der Waals surface area contributed by atoms with Crippen molar-refractivity contribution >= 4 is 5.97 Å². The summed E-state index contributed by atoms with van der Waals surface area (Å²) in [5.74, 6) is -0.502. The van der Waals surface area contributed by atoms with E-state index in [0.29, 0.717) is 6.61 Å². The van der Waals surface area contributed by atoms with Crippen molar-refractivity contribution in [3.63, 3.8) is 0 Å². The van der Waals surface area contributed by atoms with Crippen LogP contribution in [0.1, 0.15) is 142 Å². The van der Waals surface area contributed by atoms with Gasteiger partial charge in [-0.1, -0.05) is 129 Å². The van der Waals surface area contributed by atoms with Gasteiger partial charge >= 0.3 is 5.97 Å². The van der Waals surface area contributed by atoms with Gasteiger partial charge in [-0.2, -0.15) is 0 Å². The molecular weight excluding hydrogens is 348 g/mol. The number of carbonyl (C=O) groups is 1. The van der Waals surface area contributed by atoms with E-state index >= 15 is 0 Å². The van der Waals surface area contributed by atoms with Crippen LogP contribution in [0.4, 0.5) is 0 Å². The lowest BCUT2D eigenvalue weighted by Crippen LogP contribution is -2.19. The Hall–Kier alpha value is -0.570. The fourth-order valence-corrected chi connectivity index (χ4v) is 3.65. The standard InChI is InChI=1S/C25H50O3/c1-3-4-5-6-7-8-9-10-11-12-13-14-15-16-17-18-19-20-21-22-23-28-25(27)24(2)26/h24,26H,3-23H2,1-2H3/t24-/m0/s1. The second kappa shape index (κ2) is 22.7. The van der Waals surface area contributed by atoms with Gasteiger partial charge in [-0.05, 0) is 13.3 Å². The van der Waals surface area contributed by atoms with E-state index in [2.05, 4.69) is 6.92 Å². The number of aliphatic hydroxyl groups excluding tert-OH is 1. The predicted molar refractivity (Wildman–Crippen MR) is 121 cm³/mol. The van der Waals surface area contributed by atoms with Crippen LogP contribution in [0.25, 0.3) is 0 Å². The van der Waals surface area contributed by atoms with E-state index in [-0.39, 0.29) is 0 Å². The number of rotatable bonds is 22. The van der Waals surface area contributed by atoms with E-state index in [4.69, 9.17) is 9.84 Å². The van der Waals surface area contributed by atoms with Gasteiger partial charge in [0.15, 0.2) is 0 Å². The summed E-state index contributed by atoms with van der Waals surface area (Å²) in [7, 11) is 0. The monoisotopic (exact) mass is 398 g/mol. The molecule has 0 aliphatic rings. The van der Waals surface area contributed by atoms with Gasteiger partial charge in [0.1, 0.15) is 6.10 Å². The van der Waals surface area contributed by atoms with Crippen molar-refractivity contribution in [3.8, 4) is 0 Å². The molecule has 1 N–H and O–H groups in total. The van der Waals surface area contributed by atoms with E-state index < -0.39 is 12.1 Å². The average Bonchev–Trinajstić information content (AvgIpc) is 2.68. The van der Waals surface area contributed by atoms with Crippen LogP contribution in [0.2, 0.25) is 0 Å². The van der Waals surface area contributed by atoms with Gasteiger partial charge in [0.2, 0.25) is 0 Å². The highest BCUT2D eigenvalue weighted by atomic mass is 16.5. The van der Waals surface area contributed by atoms with E-state index in [1.807, 2.05) is 0 Å². The number of hydrogen-bond donors (Lipinski definition) is 1. The van der Waals surface area contributed by atoms with Crippen molar-refractivity contribution in [1.29, 1.82) is 0 Å². The predicted octanol–water partition coefficient (Wildman–Crippen LogP) is 7.73. The summed E-state index contributed by atoms with van der Waals surface area (Å²) in [5, 5.41) is 9.01. The van der Waals surface area contributed by atoms with Gasteiger partial charge in [-0.3, -0.25) is 0 Å². The minimum atomic E-state index is -0.995. The minimum Gasteiger partial charge on any atom is -0.464 e. The zero-order valence-corrected chi connectivity index (χ0v) is 19.2. The summed E-state index contributed by atoms with van der Waals surface area (Å²) < 4.78 is 4.95. The maximum atomic E-state index is 11.1. The second-order valence-electron chi connectivity index (χ2n) is 8.56. The van der Waals surface area contributed by atoms with Crippen LogP contribution in [0, 0.1) is 0 Å². The molecule has 28 heavy (non-hydrogen) atoms. The first-order chi connectivity index (χ1) is 13.7. The van der Waals surface area contributed by atoms with Crippen LogP contribution in [-0.4, -0.2) is 23.8 Å². The summed E-state index contributed by atoms with van der Waals surface area (Å²) in [6, 6.07) is 0. The molecule has 0 aromatic carbocycles. The van der Waals surface area contributed by atoms with Crippen molar-refractivity contribution < 1.29 is 14.6 Å². The molecule has 0 fully saturated rings. The molecule has 3 heteroatoms. The minimum absolute atomic E-state index is 0.447. The number of unbranched alkanes of at least 4 members (excludes halogenated alkanes) is 19. The summed E-state index contributed by atoms with van der Waals surface area (Å²) in [6.45, 7) is 4.18. The number of hydrogen-bond acceptors (Lipinski definition) is 3. The van der Waals surface area contributed by atoms with Crippen molar-refractivity contribution in [1.82, 2.24) is 0 Å². The van der Waals surface area contributed by atoms with E-state index in [9.17, 15) is 4.79 Å². The van der Waals surface area contributed by atoms with E-state index in [1.54, 1.807) is 0 Å². The molecule has 0 aromatic heterocycles. The molecule has 0 heterocycles. The van der Waals surface area contributed by atoms with Crippen molar-refractivity contribution in [2.75, 3.05) is 6.61 Å². The van der Waals surface area contributed by atoms with Crippen molar-refractivity contribution in [3.05, 3.63) is 0 Å². The Morgan fingerprint density at radius 3 is 1.18 bits per heavy atom. The normalized spacial score (nSPS) is 12.2. The first kappa shape index (κ1) is 27.4. The lowest BCUT2D eigenvalue weighted by Gasteiger charge is -2.06. The third-order valence-corrected chi connectivity index (χ3v) is 5.58. The Kier molecular flexibility index (Phi) is 22.3. The molecule has 0 unspecified atom stereocenters. The summed E-state index contributed by atoms with van der Waals surface area (Å²) in [5.41, 5.74) is 0. The zero-order chi connectivity index (χ0) is 20.7. The lowest BCUT2D eigenvalue weighted by atomic mass is 10.0. The average molecular weight is 399 g/mol. The van der Waals surface area contributed by atoms with Gasteiger partial charge in [-0.25, -0.2) is 4.79 Å². The highest BCUT2D eigenvalue weighted by Crippen LogP contribution is 2.14. The highest BCUT2D eigenvalue weighted by molar-refractivity contribution is 5.73. The molecule has 0 aliphatic carbocycles. The summed E-state index contributed by atoms with van der Waals surface area (Å²) >= 11 is 0. The number of ether oxygens (including phenoxy) is 1. The van der Waals surface area contributed by atoms with Crippen LogP contribution in [0.15, 0.2) is 0 Å². The quantitative estimate of drug-likeness (QED) is 0.150. The van der Waals surface area contributed by atoms with Gasteiger partial charge in [0, 0.05) is 0 Å². The first-order valence-electron chi connectivity index (χ1n) is 12.5. The molecule has 0 saturated heterocycles. The SMILES string of the molecule is CCCCCCCCCCCCCCCCCCCCCCOC(=O)[C@H](C)O. The van der Waals surface area contributed by atoms with Crippen LogP contribution in [-0.2, 0) is 9.53 Å². The Morgan fingerprint density at radius 1 is 0.607 bits per heavy atom. The van der Waals surface area contributed by atoms with Gasteiger partial charge < -0.3 is 9.84 Å². The molecule has 0 rings (SSSR count). The molecule has 0 radical (unpaired) electrons. The summed E-state index contributed by atoms with van der Waals surface area (Å²) in [6.07, 6.45) is 26.3. The number of carbonyl (C=O) groups excluding carboxylic acids is 1. The van der Waals surface area contributed by atoms with Crippen molar-refractivity contribution in [2.45, 2.75) is 148 Å². The van der Waals surface area contributed by atoms with E-state index in [1.165, 1.54) is 122 Å². The Bertz CT molecular complexity index is 315. The topological polar surface area (TPSA) is 46.5 Å². The molecule has 0 saturated carbocycles. The fourth-order valence-electron chi connectivity index (χ4n) is 3.65. The lowest BCUT2D eigenvalue weighted by molar-refractivity contribution is -0.152. The Morgan fingerprint density at radius 2 is 0.893 bits per heavy atom. The van der Waals surface area contributed by atoms with Crippen LogP contribution in [0.5, 0.6) is 0 Å². The second-order valence-corrected chi connectivity index (χ2v) is 8.56. The van der Waals surface area contributed by atoms with Gasteiger partial charge in [-0.15, -0.1) is 0 Å². The zero-order valence-electron chi connectivity index (χ0n) is 19.2. The van der Waals surface area contributed by atoms with Gasteiger partial charge in [0.05, 0.1) is 6.61 Å². The van der Waals surface area contributed by atoms with Crippen LogP contribution in [0.3, 0.4) is 0 Å². The fraction of sp³-hybridized carbons (Fsp3) is 0.960. The molecule has 0 spiro atoms. The first-order valence-corrected chi connectivity index (χ1v) is 12.5. The molecule has 0 amide bonds. The highest BCUT2D eigenvalue weighted by Gasteiger charge is 2.08. The molecular formula is C25H50O3. The van der Waals surface area contributed by atoms with E-state index in [0.717, 1.165) is 12.8 Å². The van der Waals surface area contributed by atoms with Crippen LogP contribution >= 0.6 is 0 Å². The third kappa shape index (κ3) is 21.7. The molecule has 0 aliphatic heterocycles. The third-order valence-electron chi connectivity index (χ3n) is 5.58. The Balaban J connectivity index is 3.04. The van der Waals surface area contributed by atoms with Crippen LogP contribution < -0.4 is 0 Å².